The molecule has 0 atom stereocenters. The van der Waals surface area contributed by atoms with Crippen LogP contribution in [0, 0.1) is 18.2 Å². The molecule has 0 spiro atoms. The van der Waals surface area contributed by atoms with Crippen LogP contribution in [0.5, 0.6) is 0 Å². The SMILES string of the molecule is C#CCNc1nc(NCCC)nc(NCc2ccc(F)cc2)n1.Cl. The van der Waals surface area contributed by atoms with Gasteiger partial charge in [-0.3, -0.25) is 0 Å². The molecule has 128 valence electrons. The van der Waals surface area contributed by atoms with Crippen LogP contribution in [0.25, 0.3) is 0 Å². The summed E-state index contributed by atoms with van der Waals surface area (Å²) >= 11 is 0. The second-order valence-corrected chi connectivity index (χ2v) is 4.77. The van der Waals surface area contributed by atoms with Gasteiger partial charge >= 0.3 is 0 Å². The maximum atomic E-state index is 12.9. The first-order chi connectivity index (χ1) is 11.2. The van der Waals surface area contributed by atoms with E-state index in [1.165, 1.54) is 12.1 Å². The lowest BCUT2D eigenvalue weighted by atomic mass is 10.2. The summed E-state index contributed by atoms with van der Waals surface area (Å²) in [5.74, 6) is 3.51. The van der Waals surface area contributed by atoms with E-state index in [0.717, 1.165) is 18.5 Å². The van der Waals surface area contributed by atoms with Crippen LogP contribution >= 0.6 is 12.4 Å². The Kier molecular flexibility index (Phi) is 8.30. The van der Waals surface area contributed by atoms with Crippen molar-refractivity contribution < 1.29 is 4.39 Å². The number of rotatable bonds is 8. The smallest absolute Gasteiger partial charge is 0.230 e. The van der Waals surface area contributed by atoms with Gasteiger partial charge in [-0.1, -0.05) is 25.0 Å². The normalized spacial score (nSPS) is 9.54. The molecule has 0 amide bonds. The van der Waals surface area contributed by atoms with Gasteiger partial charge in [0.25, 0.3) is 0 Å². The maximum absolute atomic E-state index is 12.9. The highest BCUT2D eigenvalue weighted by Gasteiger charge is 2.06. The molecule has 0 aliphatic rings. The van der Waals surface area contributed by atoms with Gasteiger partial charge in [0.1, 0.15) is 5.82 Å². The average Bonchev–Trinajstić information content (AvgIpc) is 2.57. The van der Waals surface area contributed by atoms with Crippen molar-refractivity contribution in [2.75, 3.05) is 29.0 Å². The summed E-state index contributed by atoms with van der Waals surface area (Å²) in [4.78, 5) is 12.8. The third-order valence-corrected chi connectivity index (χ3v) is 2.88. The lowest BCUT2D eigenvalue weighted by molar-refractivity contribution is 0.627. The Labute approximate surface area is 147 Å². The third-order valence-electron chi connectivity index (χ3n) is 2.88. The van der Waals surface area contributed by atoms with Crippen LogP contribution in [0.2, 0.25) is 0 Å². The summed E-state index contributed by atoms with van der Waals surface area (Å²) in [5, 5.41) is 9.14. The molecule has 0 radical (unpaired) electrons. The van der Waals surface area contributed by atoms with Crippen molar-refractivity contribution in [2.24, 2.45) is 0 Å². The minimum Gasteiger partial charge on any atom is -0.354 e. The number of hydrogen-bond acceptors (Lipinski definition) is 6. The number of halogens is 2. The predicted molar refractivity (Wildman–Crippen MR) is 96.9 cm³/mol. The van der Waals surface area contributed by atoms with E-state index in [4.69, 9.17) is 6.42 Å². The van der Waals surface area contributed by atoms with Gasteiger partial charge < -0.3 is 16.0 Å². The van der Waals surface area contributed by atoms with Crippen LogP contribution in [-0.4, -0.2) is 28.0 Å². The lowest BCUT2D eigenvalue weighted by Gasteiger charge is -2.10. The van der Waals surface area contributed by atoms with Gasteiger partial charge in [-0.25, -0.2) is 4.39 Å². The summed E-state index contributed by atoms with van der Waals surface area (Å²) in [7, 11) is 0. The zero-order valence-electron chi connectivity index (χ0n) is 13.3. The molecule has 2 aromatic rings. The number of benzene rings is 1. The summed E-state index contributed by atoms with van der Waals surface area (Å²) < 4.78 is 12.9. The number of anilines is 3. The van der Waals surface area contributed by atoms with Gasteiger partial charge in [0.15, 0.2) is 0 Å². The summed E-state index contributed by atoms with van der Waals surface area (Å²) in [5.41, 5.74) is 0.924. The molecule has 1 heterocycles. The summed E-state index contributed by atoms with van der Waals surface area (Å²) in [6.45, 7) is 3.62. The van der Waals surface area contributed by atoms with E-state index in [9.17, 15) is 4.39 Å². The monoisotopic (exact) mass is 350 g/mol. The standard InChI is InChI=1S/C16H19FN6.ClH/c1-3-9-18-14-21-15(19-10-4-2)23-16(22-14)20-11-12-5-7-13(17)8-6-12;/h1,5-8H,4,9-11H2,2H3,(H3,18,19,20,21,22,23);1H. The van der Waals surface area contributed by atoms with Gasteiger partial charge in [-0.2, -0.15) is 15.0 Å². The van der Waals surface area contributed by atoms with E-state index in [-0.39, 0.29) is 18.2 Å². The van der Waals surface area contributed by atoms with Crippen molar-refractivity contribution in [3.8, 4) is 12.3 Å². The van der Waals surface area contributed by atoms with E-state index in [2.05, 4.69) is 43.7 Å². The minimum atomic E-state index is -0.263. The van der Waals surface area contributed by atoms with Crippen molar-refractivity contribution in [1.29, 1.82) is 0 Å². The largest absolute Gasteiger partial charge is 0.354 e. The van der Waals surface area contributed by atoms with Gasteiger partial charge in [0, 0.05) is 13.1 Å². The Morgan fingerprint density at radius 3 is 2.17 bits per heavy atom. The van der Waals surface area contributed by atoms with E-state index in [1.54, 1.807) is 12.1 Å². The molecule has 3 N–H and O–H groups in total. The van der Waals surface area contributed by atoms with Crippen LogP contribution < -0.4 is 16.0 Å². The molecule has 1 aromatic carbocycles. The van der Waals surface area contributed by atoms with Gasteiger partial charge in [0.2, 0.25) is 17.8 Å². The first-order valence-corrected chi connectivity index (χ1v) is 7.37. The third kappa shape index (κ3) is 6.26. The fourth-order valence-electron chi connectivity index (χ4n) is 1.76. The van der Waals surface area contributed by atoms with Crippen LogP contribution in [0.15, 0.2) is 24.3 Å². The van der Waals surface area contributed by atoms with Crippen molar-refractivity contribution in [2.45, 2.75) is 19.9 Å². The molecule has 8 heteroatoms. The quantitative estimate of drug-likeness (QED) is 0.636. The highest BCUT2D eigenvalue weighted by Crippen LogP contribution is 2.11. The van der Waals surface area contributed by atoms with Crippen LogP contribution in [0.3, 0.4) is 0 Å². The molecular weight excluding hydrogens is 331 g/mol. The Morgan fingerprint density at radius 2 is 1.58 bits per heavy atom. The Balaban J connectivity index is 0.00000288. The zero-order valence-corrected chi connectivity index (χ0v) is 14.2. The Hall–Kier alpha value is -2.59. The molecule has 2 rings (SSSR count). The number of nitrogens with zero attached hydrogens (tertiary/aromatic N) is 3. The Bertz CT molecular complexity index is 671. The molecule has 0 fully saturated rings. The van der Waals surface area contributed by atoms with E-state index >= 15 is 0 Å². The molecule has 0 saturated heterocycles. The molecule has 0 unspecified atom stereocenters. The van der Waals surface area contributed by atoms with Crippen molar-refractivity contribution in [3.63, 3.8) is 0 Å². The zero-order chi connectivity index (χ0) is 16.5. The van der Waals surface area contributed by atoms with E-state index < -0.39 is 0 Å². The van der Waals surface area contributed by atoms with Crippen molar-refractivity contribution >= 4 is 30.3 Å². The van der Waals surface area contributed by atoms with Crippen LogP contribution in [0.4, 0.5) is 22.2 Å². The minimum absolute atomic E-state index is 0. The molecule has 0 saturated carbocycles. The first-order valence-electron chi connectivity index (χ1n) is 7.37. The van der Waals surface area contributed by atoms with Crippen LogP contribution in [0.1, 0.15) is 18.9 Å². The first kappa shape index (κ1) is 19.5. The van der Waals surface area contributed by atoms with Gasteiger partial charge in [0.05, 0.1) is 6.54 Å². The fraction of sp³-hybridized carbons (Fsp3) is 0.312. The molecule has 0 bridgehead atoms. The predicted octanol–water partition coefficient (Wildman–Crippen LogP) is 2.91. The second-order valence-electron chi connectivity index (χ2n) is 4.77. The Morgan fingerprint density at radius 1 is 1.00 bits per heavy atom. The highest BCUT2D eigenvalue weighted by molar-refractivity contribution is 5.85. The summed E-state index contributed by atoms with van der Waals surface area (Å²) in [6, 6.07) is 6.24. The van der Waals surface area contributed by atoms with Crippen LogP contribution in [-0.2, 0) is 6.54 Å². The molecule has 1 aromatic heterocycles. The van der Waals surface area contributed by atoms with Crippen molar-refractivity contribution in [3.05, 3.63) is 35.6 Å². The molecule has 0 aliphatic heterocycles. The second kappa shape index (κ2) is 10.2. The van der Waals surface area contributed by atoms with Gasteiger partial charge in [-0.05, 0) is 24.1 Å². The van der Waals surface area contributed by atoms with Crippen molar-refractivity contribution in [1.82, 2.24) is 15.0 Å². The number of nitrogens with one attached hydrogen (secondary N) is 3. The van der Waals surface area contributed by atoms with E-state index in [0.29, 0.717) is 30.9 Å². The fourth-order valence-corrected chi connectivity index (χ4v) is 1.76. The molecule has 0 aliphatic carbocycles. The van der Waals surface area contributed by atoms with E-state index in [1.807, 2.05) is 0 Å². The number of terminal acetylenes is 1. The number of aromatic nitrogens is 3. The average molecular weight is 351 g/mol. The molecule has 6 nitrogen and oxygen atoms in total. The highest BCUT2D eigenvalue weighted by atomic mass is 35.5. The van der Waals surface area contributed by atoms with Gasteiger partial charge in [-0.15, -0.1) is 18.8 Å². The maximum Gasteiger partial charge on any atom is 0.230 e. The lowest BCUT2D eigenvalue weighted by Crippen LogP contribution is -2.13. The molecule has 24 heavy (non-hydrogen) atoms. The number of hydrogen-bond donors (Lipinski definition) is 3. The molecular formula is C16H20ClFN6. The summed E-state index contributed by atoms with van der Waals surface area (Å²) in [6.07, 6.45) is 6.19. The topological polar surface area (TPSA) is 74.8 Å².